The lowest BCUT2D eigenvalue weighted by Gasteiger charge is -2.26. The zero-order valence-corrected chi connectivity index (χ0v) is 13.3. The number of rotatable bonds is 1. The second kappa shape index (κ2) is 4.95. The molecule has 0 aliphatic heterocycles. The fourth-order valence-corrected chi connectivity index (χ4v) is 3.52. The number of nitrogens with one attached hydrogen (secondary N) is 1. The summed E-state index contributed by atoms with van der Waals surface area (Å²) in [6.45, 7) is 9.28. The number of benzene rings is 1. The Morgan fingerprint density at radius 1 is 1.05 bits per heavy atom. The van der Waals surface area contributed by atoms with Crippen molar-refractivity contribution < 1.29 is 0 Å². The number of hydrogen-bond donors (Lipinski definition) is 1. The van der Waals surface area contributed by atoms with Gasteiger partial charge in [0, 0.05) is 17.1 Å². The van der Waals surface area contributed by atoms with E-state index in [1.165, 1.54) is 42.1 Å². The highest BCUT2D eigenvalue weighted by atomic mass is 14.7. The molecule has 1 saturated carbocycles. The van der Waals surface area contributed by atoms with Gasteiger partial charge in [0.1, 0.15) is 0 Å². The van der Waals surface area contributed by atoms with Gasteiger partial charge in [-0.15, -0.1) is 0 Å². The minimum Gasteiger partial charge on any atom is -0.361 e. The van der Waals surface area contributed by atoms with Crippen molar-refractivity contribution in [3.05, 3.63) is 35.5 Å². The van der Waals surface area contributed by atoms with Crippen molar-refractivity contribution >= 4 is 10.9 Å². The second-order valence-corrected chi connectivity index (χ2v) is 7.71. The normalized spacial score (nSPS) is 24.2. The summed E-state index contributed by atoms with van der Waals surface area (Å²) in [6, 6.07) is 6.94. The molecule has 1 aromatic heterocycles. The van der Waals surface area contributed by atoms with Gasteiger partial charge >= 0.3 is 0 Å². The fourth-order valence-electron chi connectivity index (χ4n) is 3.52. The molecule has 1 heterocycles. The van der Waals surface area contributed by atoms with Crippen LogP contribution in [-0.4, -0.2) is 4.98 Å². The first-order valence-corrected chi connectivity index (χ1v) is 8.06. The van der Waals surface area contributed by atoms with Crippen LogP contribution in [-0.2, 0) is 5.41 Å². The Morgan fingerprint density at radius 2 is 1.75 bits per heavy atom. The van der Waals surface area contributed by atoms with Gasteiger partial charge in [0.25, 0.3) is 0 Å². The van der Waals surface area contributed by atoms with Gasteiger partial charge in [-0.1, -0.05) is 46.6 Å². The molecule has 1 N–H and O–H groups in total. The van der Waals surface area contributed by atoms with Crippen LogP contribution in [0.15, 0.2) is 24.4 Å². The van der Waals surface area contributed by atoms with Crippen LogP contribution >= 0.6 is 0 Å². The largest absolute Gasteiger partial charge is 0.361 e. The lowest BCUT2D eigenvalue weighted by atomic mass is 9.79. The third kappa shape index (κ3) is 2.51. The SMILES string of the molecule is CC1CCC(c2c[nH]c3ccc(C(C)(C)C)cc23)CC1. The maximum Gasteiger partial charge on any atom is 0.0457 e. The summed E-state index contributed by atoms with van der Waals surface area (Å²) in [5, 5.41) is 1.46. The van der Waals surface area contributed by atoms with Crippen LogP contribution in [0.1, 0.15) is 70.4 Å². The van der Waals surface area contributed by atoms with Gasteiger partial charge in [0.15, 0.2) is 0 Å². The zero-order chi connectivity index (χ0) is 14.3. The lowest BCUT2D eigenvalue weighted by molar-refractivity contribution is 0.349. The molecule has 0 spiro atoms. The van der Waals surface area contributed by atoms with Crippen LogP contribution < -0.4 is 0 Å². The van der Waals surface area contributed by atoms with E-state index in [-0.39, 0.29) is 5.41 Å². The van der Waals surface area contributed by atoms with E-state index in [4.69, 9.17) is 0 Å². The standard InChI is InChI=1S/C19H27N/c1-13-5-7-14(8-6-13)17-12-20-18-10-9-15(11-16(17)18)19(2,3)4/h9-14,20H,5-8H2,1-4H3. The molecule has 1 aliphatic carbocycles. The van der Waals surface area contributed by atoms with Gasteiger partial charge in [-0.2, -0.15) is 0 Å². The third-order valence-corrected chi connectivity index (χ3v) is 5.04. The first kappa shape index (κ1) is 13.7. The molecule has 3 rings (SSSR count). The molecule has 1 aliphatic rings. The van der Waals surface area contributed by atoms with E-state index in [1.54, 1.807) is 5.56 Å². The molecule has 1 nitrogen and oxygen atoms in total. The van der Waals surface area contributed by atoms with Crippen molar-refractivity contribution in [3.8, 4) is 0 Å². The number of aromatic amines is 1. The maximum absolute atomic E-state index is 3.48. The molecule has 0 unspecified atom stereocenters. The van der Waals surface area contributed by atoms with Gasteiger partial charge in [-0.05, 0) is 53.4 Å². The summed E-state index contributed by atoms with van der Waals surface area (Å²) in [5.74, 6) is 1.68. The second-order valence-electron chi connectivity index (χ2n) is 7.71. The molecule has 2 aromatic rings. The Bertz CT molecular complexity index is 592. The predicted molar refractivity (Wildman–Crippen MR) is 87.4 cm³/mol. The van der Waals surface area contributed by atoms with Crippen LogP contribution in [0.4, 0.5) is 0 Å². The van der Waals surface area contributed by atoms with Crippen molar-refractivity contribution in [1.82, 2.24) is 4.98 Å². The molecule has 1 fully saturated rings. The third-order valence-electron chi connectivity index (χ3n) is 5.04. The van der Waals surface area contributed by atoms with Gasteiger partial charge in [-0.25, -0.2) is 0 Å². The van der Waals surface area contributed by atoms with Crippen molar-refractivity contribution in [2.45, 2.75) is 64.7 Å². The molecular formula is C19H27N. The monoisotopic (exact) mass is 269 g/mol. The Hall–Kier alpha value is -1.24. The Morgan fingerprint density at radius 3 is 2.40 bits per heavy atom. The highest BCUT2D eigenvalue weighted by Gasteiger charge is 2.23. The van der Waals surface area contributed by atoms with E-state index in [0.717, 1.165) is 11.8 Å². The van der Waals surface area contributed by atoms with Crippen molar-refractivity contribution in [3.63, 3.8) is 0 Å². The molecule has 0 radical (unpaired) electrons. The number of H-pyrrole nitrogens is 1. The van der Waals surface area contributed by atoms with Gasteiger partial charge < -0.3 is 4.98 Å². The fraction of sp³-hybridized carbons (Fsp3) is 0.579. The van der Waals surface area contributed by atoms with E-state index < -0.39 is 0 Å². The van der Waals surface area contributed by atoms with Crippen LogP contribution in [0.25, 0.3) is 10.9 Å². The van der Waals surface area contributed by atoms with Crippen LogP contribution in [0.2, 0.25) is 0 Å². The van der Waals surface area contributed by atoms with E-state index in [2.05, 4.69) is 57.1 Å². The van der Waals surface area contributed by atoms with Crippen molar-refractivity contribution in [2.24, 2.45) is 5.92 Å². The Balaban J connectivity index is 1.99. The average molecular weight is 269 g/mol. The van der Waals surface area contributed by atoms with E-state index in [1.807, 2.05) is 0 Å². The Kier molecular flexibility index (Phi) is 3.40. The molecule has 1 aromatic carbocycles. The summed E-state index contributed by atoms with van der Waals surface area (Å²) in [6.07, 6.45) is 7.74. The molecule has 20 heavy (non-hydrogen) atoms. The zero-order valence-electron chi connectivity index (χ0n) is 13.3. The maximum atomic E-state index is 3.48. The molecule has 0 bridgehead atoms. The topological polar surface area (TPSA) is 15.8 Å². The number of aromatic nitrogens is 1. The molecule has 0 saturated heterocycles. The number of hydrogen-bond acceptors (Lipinski definition) is 0. The summed E-state index contributed by atoms with van der Waals surface area (Å²) in [7, 11) is 0. The van der Waals surface area contributed by atoms with Gasteiger partial charge in [-0.3, -0.25) is 0 Å². The first-order chi connectivity index (χ1) is 9.45. The smallest absolute Gasteiger partial charge is 0.0457 e. The highest BCUT2D eigenvalue weighted by Crippen LogP contribution is 2.39. The van der Waals surface area contributed by atoms with Crippen molar-refractivity contribution in [2.75, 3.05) is 0 Å². The minimum absolute atomic E-state index is 0.226. The van der Waals surface area contributed by atoms with Gasteiger partial charge in [0.05, 0.1) is 0 Å². The van der Waals surface area contributed by atoms with Crippen LogP contribution in [0.3, 0.4) is 0 Å². The summed E-state index contributed by atoms with van der Waals surface area (Å²) in [4.78, 5) is 3.48. The van der Waals surface area contributed by atoms with Crippen LogP contribution in [0.5, 0.6) is 0 Å². The summed E-state index contributed by atoms with van der Waals surface area (Å²) < 4.78 is 0. The molecule has 1 heteroatoms. The van der Waals surface area contributed by atoms with E-state index in [9.17, 15) is 0 Å². The van der Waals surface area contributed by atoms with Crippen LogP contribution in [0, 0.1) is 5.92 Å². The van der Waals surface area contributed by atoms with Gasteiger partial charge in [0.2, 0.25) is 0 Å². The lowest BCUT2D eigenvalue weighted by Crippen LogP contribution is -2.12. The molecule has 0 atom stereocenters. The molecule has 108 valence electrons. The molecular weight excluding hydrogens is 242 g/mol. The summed E-state index contributed by atoms with van der Waals surface area (Å²) >= 11 is 0. The average Bonchev–Trinajstić information content (AvgIpc) is 2.81. The highest BCUT2D eigenvalue weighted by molar-refractivity contribution is 5.84. The number of fused-ring (bicyclic) bond motifs is 1. The van der Waals surface area contributed by atoms with Crippen molar-refractivity contribution in [1.29, 1.82) is 0 Å². The van der Waals surface area contributed by atoms with E-state index >= 15 is 0 Å². The summed E-state index contributed by atoms with van der Waals surface area (Å²) in [5.41, 5.74) is 4.52. The minimum atomic E-state index is 0.226. The predicted octanol–water partition coefficient (Wildman–Crippen LogP) is 5.76. The molecule has 0 amide bonds. The first-order valence-electron chi connectivity index (χ1n) is 8.06. The van der Waals surface area contributed by atoms with E-state index in [0.29, 0.717) is 0 Å². The Labute approximate surface area is 122 Å². The quantitative estimate of drug-likeness (QED) is 0.677.